The number of para-hydroxylation sites is 1. The van der Waals surface area contributed by atoms with Gasteiger partial charge in [0, 0.05) is 44.3 Å². The molecule has 0 saturated carbocycles. The summed E-state index contributed by atoms with van der Waals surface area (Å²) in [5.74, 6) is -0.0900. The normalized spacial score (nSPS) is 22.2. The van der Waals surface area contributed by atoms with E-state index in [2.05, 4.69) is 26.5 Å². The van der Waals surface area contributed by atoms with Gasteiger partial charge in [-0.3, -0.25) is 9.80 Å². The van der Waals surface area contributed by atoms with E-state index in [9.17, 15) is 13.2 Å². The van der Waals surface area contributed by atoms with Crippen molar-refractivity contribution < 1.29 is 17.9 Å². The average Bonchev–Trinajstić information content (AvgIpc) is 2.57. The lowest BCUT2D eigenvalue weighted by atomic mass is 10.0. The van der Waals surface area contributed by atoms with Gasteiger partial charge in [0.15, 0.2) is 0 Å². The van der Waals surface area contributed by atoms with Gasteiger partial charge < -0.3 is 9.64 Å². The molecule has 0 spiro atoms. The first-order valence-corrected chi connectivity index (χ1v) is 8.89. The zero-order chi connectivity index (χ0) is 17.9. The quantitative estimate of drug-likeness (QED) is 0.825. The monoisotopic (exact) mass is 357 g/mol. The van der Waals surface area contributed by atoms with E-state index >= 15 is 0 Å². The third kappa shape index (κ3) is 5.33. The van der Waals surface area contributed by atoms with Crippen LogP contribution in [-0.4, -0.2) is 73.4 Å². The zero-order valence-electron chi connectivity index (χ0n) is 14.6. The van der Waals surface area contributed by atoms with E-state index in [0.717, 1.165) is 39.3 Å². The summed E-state index contributed by atoms with van der Waals surface area (Å²) in [5, 5.41) is 0. The van der Waals surface area contributed by atoms with Crippen LogP contribution in [0.1, 0.15) is 18.4 Å². The molecule has 0 radical (unpaired) electrons. The number of piperazine rings is 1. The maximum absolute atomic E-state index is 12.5. The number of alkyl halides is 3. The number of likely N-dealkylation sites (tertiary alicyclic amines) is 1. The number of ether oxygens (including phenoxy) is 1. The van der Waals surface area contributed by atoms with Crippen LogP contribution in [0.3, 0.4) is 0 Å². The van der Waals surface area contributed by atoms with E-state index in [1.165, 1.54) is 18.9 Å². The molecule has 140 valence electrons. The number of hydrogen-bond donors (Lipinski definition) is 0. The Morgan fingerprint density at radius 3 is 2.28 bits per heavy atom. The lowest BCUT2D eigenvalue weighted by Crippen LogP contribution is -2.52. The molecule has 2 heterocycles. The molecule has 0 atom stereocenters. The molecule has 0 bridgehead atoms. The third-order valence-electron chi connectivity index (χ3n) is 5.20. The molecule has 0 aromatic heterocycles. The van der Waals surface area contributed by atoms with Gasteiger partial charge in [-0.2, -0.15) is 0 Å². The van der Waals surface area contributed by atoms with Gasteiger partial charge in [0.25, 0.3) is 0 Å². The molecule has 3 rings (SSSR count). The second-order valence-electron chi connectivity index (χ2n) is 7.00. The van der Waals surface area contributed by atoms with Crippen LogP contribution in [0.5, 0.6) is 5.75 Å². The summed E-state index contributed by atoms with van der Waals surface area (Å²) in [6.07, 6.45) is -2.24. The molecule has 2 aliphatic rings. The van der Waals surface area contributed by atoms with Gasteiger partial charge in [0.1, 0.15) is 5.75 Å². The summed E-state index contributed by atoms with van der Waals surface area (Å²) in [4.78, 5) is 7.12. The Morgan fingerprint density at radius 1 is 1.00 bits per heavy atom. The fourth-order valence-corrected chi connectivity index (χ4v) is 3.75. The molecular weight excluding hydrogens is 331 g/mol. The second kappa shape index (κ2) is 7.93. The van der Waals surface area contributed by atoms with Gasteiger partial charge in [-0.15, -0.1) is 13.2 Å². The standard InChI is InChI=1S/C18H26F3N3O/c1-22-8-6-16(7-9-22)24-12-10-23(11-13-24)14-15-4-2-3-5-17(15)25-18(19,20)21/h2-5,16H,6-14H2,1H3. The van der Waals surface area contributed by atoms with Crippen molar-refractivity contribution in [2.75, 3.05) is 46.3 Å². The Morgan fingerprint density at radius 2 is 1.64 bits per heavy atom. The number of benzene rings is 1. The second-order valence-corrected chi connectivity index (χ2v) is 7.00. The smallest absolute Gasteiger partial charge is 0.405 e. The first-order chi connectivity index (χ1) is 11.9. The first-order valence-electron chi connectivity index (χ1n) is 8.89. The number of halogens is 3. The number of rotatable bonds is 4. The van der Waals surface area contributed by atoms with Crippen molar-refractivity contribution in [1.29, 1.82) is 0 Å². The van der Waals surface area contributed by atoms with E-state index in [0.29, 0.717) is 18.2 Å². The van der Waals surface area contributed by atoms with Crippen molar-refractivity contribution >= 4 is 0 Å². The lowest BCUT2D eigenvalue weighted by Gasteiger charge is -2.42. The highest BCUT2D eigenvalue weighted by molar-refractivity contribution is 5.33. The Hall–Kier alpha value is -1.31. The maximum Gasteiger partial charge on any atom is 0.573 e. The molecule has 1 aromatic rings. The Balaban J connectivity index is 1.52. The minimum absolute atomic E-state index is 0.0900. The third-order valence-corrected chi connectivity index (χ3v) is 5.20. The highest BCUT2D eigenvalue weighted by atomic mass is 19.4. The van der Waals surface area contributed by atoms with Gasteiger partial charge >= 0.3 is 6.36 Å². The minimum Gasteiger partial charge on any atom is -0.405 e. The molecule has 1 aromatic carbocycles. The summed E-state index contributed by atoms with van der Waals surface area (Å²) in [7, 11) is 2.16. The van der Waals surface area contributed by atoms with Crippen LogP contribution >= 0.6 is 0 Å². The van der Waals surface area contributed by atoms with E-state index < -0.39 is 6.36 Å². The fourth-order valence-electron chi connectivity index (χ4n) is 3.75. The van der Waals surface area contributed by atoms with Gasteiger partial charge in [-0.05, 0) is 39.0 Å². The maximum atomic E-state index is 12.5. The fraction of sp³-hybridized carbons (Fsp3) is 0.667. The summed E-state index contributed by atoms with van der Waals surface area (Å²) >= 11 is 0. The van der Waals surface area contributed by atoms with Gasteiger partial charge in [-0.25, -0.2) is 0 Å². The van der Waals surface area contributed by atoms with Crippen LogP contribution in [0.25, 0.3) is 0 Å². The van der Waals surface area contributed by atoms with E-state index in [1.807, 2.05) is 0 Å². The Labute approximate surface area is 147 Å². The summed E-state index contributed by atoms with van der Waals surface area (Å²) in [6.45, 7) is 6.51. The van der Waals surface area contributed by atoms with Crippen molar-refractivity contribution in [3.05, 3.63) is 29.8 Å². The van der Waals surface area contributed by atoms with Gasteiger partial charge in [0.05, 0.1) is 0 Å². The zero-order valence-corrected chi connectivity index (χ0v) is 14.6. The average molecular weight is 357 g/mol. The van der Waals surface area contributed by atoms with Crippen molar-refractivity contribution in [3.8, 4) is 5.75 Å². The first kappa shape index (κ1) is 18.5. The van der Waals surface area contributed by atoms with Crippen molar-refractivity contribution in [2.45, 2.75) is 31.8 Å². The predicted octanol–water partition coefficient (Wildman–Crippen LogP) is 2.80. The molecule has 0 amide bonds. The van der Waals surface area contributed by atoms with Gasteiger partial charge in [0.2, 0.25) is 0 Å². The van der Waals surface area contributed by atoms with E-state index in [4.69, 9.17) is 0 Å². The molecule has 2 saturated heterocycles. The van der Waals surface area contributed by atoms with Crippen LogP contribution in [0.2, 0.25) is 0 Å². The number of nitrogens with zero attached hydrogens (tertiary/aromatic N) is 3. The van der Waals surface area contributed by atoms with Crippen LogP contribution in [0, 0.1) is 0 Å². The van der Waals surface area contributed by atoms with E-state index in [-0.39, 0.29) is 5.75 Å². The summed E-state index contributed by atoms with van der Waals surface area (Å²) in [6, 6.07) is 7.08. The van der Waals surface area contributed by atoms with Crippen LogP contribution in [0.15, 0.2) is 24.3 Å². The molecule has 25 heavy (non-hydrogen) atoms. The molecular formula is C18H26F3N3O. The number of hydrogen-bond acceptors (Lipinski definition) is 4. The molecule has 0 unspecified atom stereocenters. The Bertz CT molecular complexity index is 551. The van der Waals surface area contributed by atoms with Crippen LogP contribution in [0.4, 0.5) is 13.2 Å². The predicted molar refractivity (Wildman–Crippen MR) is 90.5 cm³/mol. The largest absolute Gasteiger partial charge is 0.573 e. The molecule has 2 aliphatic heterocycles. The van der Waals surface area contributed by atoms with Crippen molar-refractivity contribution in [1.82, 2.24) is 14.7 Å². The number of piperidine rings is 1. The minimum atomic E-state index is -4.65. The van der Waals surface area contributed by atoms with Crippen molar-refractivity contribution in [3.63, 3.8) is 0 Å². The Kier molecular flexibility index (Phi) is 5.86. The highest BCUT2D eigenvalue weighted by Crippen LogP contribution is 2.27. The topological polar surface area (TPSA) is 19.0 Å². The van der Waals surface area contributed by atoms with E-state index in [1.54, 1.807) is 18.2 Å². The molecule has 7 heteroatoms. The van der Waals surface area contributed by atoms with Gasteiger partial charge in [-0.1, -0.05) is 18.2 Å². The molecule has 4 nitrogen and oxygen atoms in total. The van der Waals surface area contributed by atoms with Crippen LogP contribution < -0.4 is 4.74 Å². The molecule has 2 fully saturated rings. The molecule has 0 aliphatic carbocycles. The highest BCUT2D eigenvalue weighted by Gasteiger charge is 2.32. The van der Waals surface area contributed by atoms with Crippen molar-refractivity contribution in [2.24, 2.45) is 0 Å². The summed E-state index contributed by atoms with van der Waals surface area (Å²) in [5.41, 5.74) is 0.590. The summed E-state index contributed by atoms with van der Waals surface area (Å²) < 4.78 is 41.8. The lowest BCUT2D eigenvalue weighted by molar-refractivity contribution is -0.275. The van der Waals surface area contributed by atoms with Crippen LogP contribution in [-0.2, 0) is 6.54 Å². The SMILES string of the molecule is CN1CCC(N2CCN(Cc3ccccc3OC(F)(F)F)CC2)CC1. The molecule has 0 N–H and O–H groups in total.